The summed E-state index contributed by atoms with van der Waals surface area (Å²) in [5.74, 6) is 0.701. The van der Waals surface area contributed by atoms with E-state index >= 15 is 0 Å². The minimum absolute atomic E-state index is 0.701. The highest BCUT2D eigenvalue weighted by molar-refractivity contribution is 6.16. The van der Waals surface area contributed by atoms with Crippen molar-refractivity contribution in [3.63, 3.8) is 0 Å². The van der Waals surface area contributed by atoms with Crippen molar-refractivity contribution >= 4 is 10.8 Å². The fraction of sp³-hybridized carbons (Fsp3) is 0. The molecule has 1 aliphatic rings. The lowest BCUT2D eigenvalue weighted by molar-refractivity contribution is 1.18. The van der Waals surface area contributed by atoms with Gasteiger partial charge in [0.05, 0.1) is 11.4 Å². The van der Waals surface area contributed by atoms with Crippen LogP contribution < -0.4 is 0 Å². The molecule has 0 amide bonds. The number of nitrogens with zero attached hydrogens (tertiary/aromatic N) is 2. The van der Waals surface area contributed by atoms with E-state index in [1.165, 1.54) is 60.8 Å². The maximum Gasteiger partial charge on any atom is 0.160 e. The van der Waals surface area contributed by atoms with Gasteiger partial charge in [-0.2, -0.15) is 0 Å². The highest BCUT2D eigenvalue weighted by Gasteiger charge is 2.22. The summed E-state index contributed by atoms with van der Waals surface area (Å²) in [6.45, 7) is 0. The molecule has 52 heavy (non-hydrogen) atoms. The molecule has 0 N–H and O–H groups in total. The van der Waals surface area contributed by atoms with Crippen molar-refractivity contribution in [2.75, 3.05) is 0 Å². The highest BCUT2D eigenvalue weighted by Crippen LogP contribution is 2.48. The zero-order valence-corrected chi connectivity index (χ0v) is 28.4. The molecular weight excluding hydrogens is 629 g/mol. The summed E-state index contributed by atoms with van der Waals surface area (Å²) in [5, 5.41) is 2.59. The molecule has 0 atom stereocenters. The molecule has 9 aromatic rings. The normalized spacial score (nSPS) is 11.5. The van der Waals surface area contributed by atoms with Crippen LogP contribution in [-0.4, -0.2) is 9.97 Å². The summed E-state index contributed by atoms with van der Waals surface area (Å²) in [6, 6.07) is 69.2. The molecular formula is C50H32N2. The van der Waals surface area contributed by atoms with E-state index in [2.05, 4.69) is 182 Å². The molecule has 0 saturated heterocycles. The van der Waals surface area contributed by atoms with Gasteiger partial charge in [0.1, 0.15) is 0 Å². The first kappa shape index (κ1) is 30.0. The molecule has 0 aliphatic heterocycles. The van der Waals surface area contributed by atoms with Crippen molar-refractivity contribution in [2.24, 2.45) is 0 Å². The van der Waals surface area contributed by atoms with Gasteiger partial charge in [-0.25, -0.2) is 9.97 Å². The Morgan fingerprint density at radius 1 is 0.250 bits per heavy atom. The minimum Gasteiger partial charge on any atom is -0.228 e. The van der Waals surface area contributed by atoms with Gasteiger partial charge in [-0.15, -0.1) is 0 Å². The molecule has 0 radical (unpaired) electrons. The number of benzene rings is 8. The number of fused-ring (bicyclic) bond motifs is 3. The van der Waals surface area contributed by atoms with E-state index in [1.807, 2.05) is 12.1 Å². The summed E-state index contributed by atoms with van der Waals surface area (Å²) in [6.07, 6.45) is 0. The van der Waals surface area contributed by atoms with E-state index in [9.17, 15) is 0 Å². The number of rotatable bonds is 6. The van der Waals surface area contributed by atoms with Gasteiger partial charge < -0.3 is 0 Å². The maximum absolute atomic E-state index is 5.21. The van der Waals surface area contributed by atoms with E-state index in [4.69, 9.17) is 9.97 Å². The number of aromatic nitrogens is 2. The van der Waals surface area contributed by atoms with Crippen LogP contribution >= 0.6 is 0 Å². The Hall–Kier alpha value is -6.90. The second-order valence-electron chi connectivity index (χ2n) is 13.4. The number of hydrogen-bond acceptors (Lipinski definition) is 2. The van der Waals surface area contributed by atoms with Crippen LogP contribution in [0.15, 0.2) is 194 Å². The topological polar surface area (TPSA) is 25.8 Å². The van der Waals surface area contributed by atoms with Crippen molar-refractivity contribution < 1.29 is 0 Å². The summed E-state index contributed by atoms with van der Waals surface area (Å²) in [5.41, 5.74) is 17.1. The molecule has 0 bridgehead atoms. The van der Waals surface area contributed by atoms with E-state index in [0.717, 1.165) is 33.6 Å². The third-order valence-corrected chi connectivity index (χ3v) is 10.2. The summed E-state index contributed by atoms with van der Waals surface area (Å²) in [7, 11) is 0. The first-order valence-corrected chi connectivity index (χ1v) is 17.7. The van der Waals surface area contributed by atoms with Gasteiger partial charge in [-0.1, -0.05) is 170 Å². The molecule has 0 fully saturated rings. The van der Waals surface area contributed by atoms with Crippen LogP contribution in [0, 0.1) is 0 Å². The average molecular weight is 661 g/mol. The Morgan fingerprint density at radius 2 is 0.712 bits per heavy atom. The van der Waals surface area contributed by atoms with Crippen molar-refractivity contribution in [1.82, 2.24) is 9.97 Å². The minimum atomic E-state index is 0.701. The SMILES string of the molecule is c1ccc(-c2ccc(-c3cc(-c4ccc(-c5ccccc5)cc4)nc(-c4cccc(-c5cc6c7c(cccc7c5)-c5ccccc5-6)c4)n3)cc2)cc1. The Morgan fingerprint density at radius 3 is 1.33 bits per heavy atom. The largest absolute Gasteiger partial charge is 0.228 e. The first-order valence-electron chi connectivity index (χ1n) is 17.7. The van der Waals surface area contributed by atoms with E-state index in [1.54, 1.807) is 0 Å². The molecule has 2 nitrogen and oxygen atoms in total. The third-order valence-electron chi connectivity index (χ3n) is 10.2. The molecule has 0 saturated carbocycles. The Balaban J connectivity index is 1.08. The van der Waals surface area contributed by atoms with Crippen LogP contribution in [0.1, 0.15) is 0 Å². The molecule has 242 valence electrons. The molecule has 1 heterocycles. The van der Waals surface area contributed by atoms with Gasteiger partial charge in [0.25, 0.3) is 0 Å². The fourth-order valence-electron chi connectivity index (χ4n) is 7.62. The molecule has 2 heteroatoms. The zero-order valence-electron chi connectivity index (χ0n) is 28.4. The number of hydrogen-bond donors (Lipinski definition) is 0. The van der Waals surface area contributed by atoms with Crippen LogP contribution in [0.3, 0.4) is 0 Å². The fourth-order valence-corrected chi connectivity index (χ4v) is 7.62. The Bertz CT molecular complexity index is 2650. The maximum atomic E-state index is 5.21. The molecule has 0 spiro atoms. The van der Waals surface area contributed by atoms with Crippen molar-refractivity contribution in [3.8, 4) is 89.5 Å². The Labute approximate surface area is 303 Å². The summed E-state index contributed by atoms with van der Waals surface area (Å²) >= 11 is 0. The van der Waals surface area contributed by atoms with Crippen LogP contribution in [0.5, 0.6) is 0 Å². The molecule has 0 unspecified atom stereocenters. The smallest absolute Gasteiger partial charge is 0.160 e. The summed E-state index contributed by atoms with van der Waals surface area (Å²) in [4.78, 5) is 10.4. The lowest BCUT2D eigenvalue weighted by atomic mass is 9.95. The predicted molar refractivity (Wildman–Crippen MR) is 217 cm³/mol. The van der Waals surface area contributed by atoms with Gasteiger partial charge in [0.15, 0.2) is 5.82 Å². The standard InChI is InChI=1S/C50H32N2/c1-3-11-33(12-4-1)35-21-25-37(26-22-35)47-32-48(38-27-23-36(24-28-38)34-13-5-2-6-14-34)52-50(51-47)41-17-9-15-39(29-41)42-30-40-16-10-20-45-43-18-7-8-19-44(43)46(31-42)49(40)45/h1-32H. The quantitative estimate of drug-likeness (QED) is 0.177. The van der Waals surface area contributed by atoms with E-state index in [-0.39, 0.29) is 0 Å². The van der Waals surface area contributed by atoms with Crippen molar-refractivity contribution in [2.45, 2.75) is 0 Å². The van der Waals surface area contributed by atoms with Crippen LogP contribution in [0.2, 0.25) is 0 Å². The van der Waals surface area contributed by atoms with Crippen LogP contribution in [0.4, 0.5) is 0 Å². The van der Waals surface area contributed by atoms with Crippen molar-refractivity contribution in [3.05, 3.63) is 194 Å². The lowest BCUT2D eigenvalue weighted by Gasteiger charge is -2.12. The van der Waals surface area contributed by atoms with Gasteiger partial charge >= 0.3 is 0 Å². The second-order valence-corrected chi connectivity index (χ2v) is 13.4. The monoisotopic (exact) mass is 660 g/mol. The van der Waals surface area contributed by atoms with Gasteiger partial charge in [0.2, 0.25) is 0 Å². The second kappa shape index (κ2) is 12.5. The van der Waals surface area contributed by atoms with Gasteiger partial charge in [-0.3, -0.25) is 0 Å². The molecule has 1 aromatic heterocycles. The third kappa shape index (κ3) is 5.30. The Kier molecular flexibility index (Phi) is 7.18. The molecule has 8 aromatic carbocycles. The van der Waals surface area contributed by atoms with E-state index in [0.29, 0.717) is 5.82 Å². The predicted octanol–water partition coefficient (Wildman–Crippen LogP) is 13.3. The first-order chi connectivity index (χ1) is 25.7. The van der Waals surface area contributed by atoms with Crippen molar-refractivity contribution in [1.29, 1.82) is 0 Å². The average Bonchev–Trinajstić information content (AvgIpc) is 3.56. The van der Waals surface area contributed by atoms with Gasteiger partial charge in [-0.05, 0) is 90.7 Å². The zero-order chi connectivity index (χ0) is 34.4. The van der Waals surface area contributed by atoms with E-state index < -0.39 is 0 Å². The van der Waals surface area contributed by atoms with Gasteiger partial charge in [0, 0.05) is 16.7 Å². The summed E-state index contributed by atoms with van der Waals surface area (Å²) < 4.78 is 0. The van der Waals surface area contributed by atoms with Crippen LogP contribution in [0.25, 0.3) is 100 Å². The highest BCUT2D eigenvalue weighted by atomic mass is 14.9. The lowest BCUT2D eigenvalue weighted by Crippen LogP contribution is -1.96. The molecule has 10 rings (SSSR count). The molecule has 1 aliphatic carbocycles. The van der Waals surface area contributed by atoms with Crippen LogP contribution in [-0.2, 0) is 0 Å².